The second kappa shape index (κ2) is 7.97. The van der Waals surface area contributed by atoms with Crippen LogP contribution in [0, 0.1) is 0 Å². The van der Waals surface area contributed by atoms with Crippen LogP contribution in [0.2, 0.25) is 0 Å². The van der Waals surface area contributed by atoms with Crippen molar-refractivity contribution in [3.63, 3.8) is 0 Å². The molecule has 0 aliphatic rings. The molecule has 0 aliphatic carbocycles. The molecule has 0 amide bonds. The summed E-state index contributed by atoms with van der Waals surface area (Å²) >= 11 is 0. The van der Waals surface area contributed by atoms with Crippen LogP contribution in [0.4, 0.5) is 0 Å². The van der Waals surface area contributed by atoms with Crippen LogP contribution in [-0.4, -0.2) is 29.9 Å². The zero-order valence-corrected chi connectivity index (χ0v) is 15.9. The van der Waals surface area contributed by atoms with Gasteiger partial charge in [0.1, 0.15) is 5.69 Å². The van der Waals surface area contributed by atoms with E-state index in [1.807, 2.05) is 54.6 Å². The number of benzene rings is 1. The molecule has 0 N–H and O–H groups in total. The summed E-state index contributed by atoms with van der Waals surface area (Å²) in [4.78, 5) is 26.6. The molecule has 6 nitrogen and oxygen atoms in total. The van der Waals surface area contributed by atoms with Gasteiger partial charge in [-0.15, -0.1) is 0 Å². The minimum Gasteiger partial charge on any atom is -0.265 e. The van der Waals surface area contributed by atoms with E-state index in [2.05, 4.69) is 32.1 Å². The molecule has 0 spiro atoms. The Hall–Kier alpha value is -4.32. The van der Waals surface area contributed by atoms with E-state index < -0.39 is 0 Å². The number of pyridine rings is 3. The van der Waals surface area contributed by atoms with E-state index >= 15 is 0 Å². The summed E-state index contributed by atoms with van der Waals surface area (Å²) in [6.07, 6.45) is 8.75. The minimum atomic E-state index is 0.533. The lowest BCUT2D eigenvalue weighted by atomic mass is 10.0. The van der Waals surface area contributed by atoms with Crippen LogP contribution in [0.1, 0.15) is 0 Å². The Labute approximate surface area is 173 Å². The third kappa shape index (κ3) is 3.66. The summed E-state index contributed by atoms with van der Waals surface area (Å²) in [6.45, 7) is 0. The van der Waals surface area contributed by atoms with E-state index in [0.717, 1.165) is 22.3 Å². The molecule has 0 fully saturated rings. The van der Waals surface area contributed by atoms with E-state index in [9.17, 15) is 0 Å². The molecule has 4 heterocycles. The summed E-state index contributed by atoms with van der Waals surface area (Å²) in [5.41, 5.74) is 4.69. The molecule has 0 saturated heterocycles. The van der Waals surface area contributed by atoms with Gasteiger partial charge >= 0.3 is 0 Å². The van der Waals surface area contributed by atoms with E-state index in [1.54, 1.807) is 31.0 Å². The van der Waals surface area contributed by atoms with Crippen LogP contribution >= 0.6 is 0 Å². The van der Waals surface area contributed by atoms with Gasteiger partial charge in [0.2, 0.25) is 0 Å². The first kappa shape index (κ1) is 17.8. The maximum Gasteiger partial charge on any atom is 0.182 e. The summed E-state index contributed by atoms with van der Waals surface area (Å²) in [5.74, 6) is 1.71. The van der Waals surface area contributed by atoms with E-state index in [4.69, 9.17) is 9.97 Å². The maximum absolute atomic E-state index is 4.71. The average Bonchev–Trinajstić information content (AvgIpc) is 2.85. The fourth-order valence-corrected chi connectivity index (χ4v) is 3.10. The van der Waals surface area contributed by atoms with Crippen LogP contribution in [0.5, 0.6) is 0 Å². The zero-order chi connectivity index (χ0) is 20.2. The lowest BCUT2D eigenvalue weighted by molar-refractivity contribution is 1.06. The fourth-order valence-electron chi connectivity index (χ4n) is 3.10. The van der Waals surface area contributed by atoms with E-state index in [0.29, 0.717) is 23.2 Å². The summed E-state index contributed by atoms with van der Waals surface area (Å²) < 4.78 is 0. The van der Waals surface area contributed by atoms with Crippen LogP contribution in [-0.2, 0) is 0 Å². The predicted molar refractivity (Wildman–Crippen MR) is 115 cm³/mol. The van der Waals surface area contributed by atoms with Crippen molar-refractivity contribution in [2.75, 3.05) is 0 Å². The standard InChI is InChI=1S/C24H16N6/c1-2-12-27-21(3-1)24-29-22(28-23(30-24)20-10-15-26-16-11-20)19-6-4-17(5-7-19)18-8-13-25-14-9-18/h1-16H. The van der Waals surface area contributed by atoms with Crippen molar-refractivity contribution in [1.82, 2.24) is 29.9 Å². The lowest BCUT2D eigenvalue weighted by Crippen LogP contribution is -2.01. The first-order valence-electron chi connectivity index (χ1n) is 9.45. The van der Waals surface area contributed by atoms with Crippen molar-refractivity contribution >= 4 is 0 Å². The van der Waals surface area contributed by atoms with Gasteiger partial charge in [-0.25, -0.2) is 15.0 Å². The Balaban J connectivity index is 1.60. The molecule has 0 atom stereocenters. The SMILES string of the molecule is c1ccc(-c2nc(-c3ccncc3)nc(-c3ccc(-c4ccncc4)cc3)n2)nc1. The fraction of sp³-hybridized carbons (Fsp3) is 0. The minimum absolute atomic E-state index is 0.533. The quantitative estimate of drug-likeness (QED) is 0.443. The maximum atomic E-state index is 4.71. The third-order valence-corrected chi connectivity index (χ3v) is 4.62. The smallest absolute Gasteiger partial charge is 0.182 e. The first-order valence-corrected chi connectivity index (χ1v) is 9.45. The molecule has 0 aliphatic heterocycles. The highest BCUT2D eigenvalue weighted by atomic mass is 15.0. The monoisotopic (exact) mass is 388 g/mol. The second-order valence-corrected chi connectivity index (χ2v) is 6.57. The zero-order valence-electron chi connectivity index (χ0n) is 15.9. The highest BCUT2D eigenvalue weighted by Gasteiger charge is 2.12. The van der Waals surface area contributed by atoms with Gasteiger partial charge in [0.25, 0.3) is 0 Å². The van der Waals surface area contributed by atoms with Crippen molar-refractivity contribution in [3.8, 4) is 45.4 Å². The number of hydrogen-bond acceptors (Lipinski definition) is 6. The molecule has 5 aromatic rings. The van der Waals surface area contributed by atoms with Gasteiger partial charge in [0.15, 0.2) is 17.5 Å². The molecule has 5 rings (SSSR count). The number of hydrogen-bond donors (Lipinski definition) is 0. The average molecular weight is 388 g/mol. The first-order chi connectivity index (χ1) is 14.9. The van der Waals surface area contributed by atoms with Crippen molar-refractivity contribution in [2.24, 2.45) is 0 Å². The molecule has 0 unspecified atom stereocenters. The van der Waals surface area contributed by atoms with Crippen molar-refractivity contribution < 1.29 is 0 Å². The van der Waals surface area contributed by atoms with Gasteiger partial charge in [-0.3, -0.25) is 15.0 Å². The molecule has 0 bridgehead atoms. The summed E-state index contributed by atoms with van der Waals surface area (Å²) in [5, 5.41) is 0. The largest absolute Gasteiger partial charge is 0.265 e. The summed E-state index contributed by atoms with van der Waals surface area (Å²) in [7, 11) is 0. The second-order valence-electron chi connectivity index (χ2n) is 6.57. The van der Waals surface area contributed by atoms with Crippen LogP contribution < -0.4 is 0 Å². The van der Waals surface area contributed by atoms with Gasteiger partial charge < -0.3 is 0 Å². The van der Waals surface area contributed by atoms with Crippen molar-refractivity contribution in [3.05, 3.63) is 97.7 Å². The topological polar surface area (TPSA) is 77.3 Å². The normalized spacial score (nSPS) is 10.7. The number of nitrogens with zero attached hydrogens (tertiary/aromatic N) is 6. The molecule has 6 heteroatoms. The third-order valence-electron chi connectivity index (χ3n) is 4.62. The Bertz CT molecular complexity index is 1200. The molecule has 0 saturated carbocycles. The molecule has 30 heavy (non-hydrogen) atoms. The van der Waals surface area contributed by atoms with Crippen LogP contribution in [0.3, 0.4) is 0 Å². The van der Waals surface area contributed by atoms with Crippen molar-refractivity contribution in [2.45, 2.75) is 0 Å². The Morgan fingerprint density at radius 1 is 0.400 bits per heavy atom. The highest BCUT2D eigenvalue weighted by molar-refractivity contribution is 5.69. The number of aromatic nitrogens is 6. The Morgan fingerprint density at radius 2 is 0.900 bits per heavy atom. The van der Waals surface area contributed by atoms with Gasteiger partial charge in [-0.05, 0) is 47.5 Å². The van der Waals surface area contributed by atoms with Crippen LogP contribution in [0.15, 0.2) is 97.7 Å². The molecular formula is C24H16N6. The van der Waals surface area contributed by atoms with Gasteiger partial charge in [-0.2, -0.15) is 0 Å². The lowest BCUT2D eigenvalue weighted by Gasteiger charge is -2.08. The number of rotatable bonds is 4. The Kier molecular flexibility index (Phi) is 4.72. The molecule has 4 aromatic heterocycles. The molecule has 142 valence electrons. The highest BCUT2D eigenvalue weighted by Crippen LogP contribution is 2.26. The van der Waals surface area contributed by atoms with Gasteiger partial charge in [-0.1, -0.05) is 30.3 Å². The van der Waals surface area contributed by atoms with Crippen LogP contribution in [0.25, 0.3) is 45.4 Å². The van der Waals surface area contributed by atoms with E-state index in [1.165, 1.54) is 0 Å². The predicted octanol–water partition coefficient (Wildman–Crippen LogP) is 4.72. The van der Waals surface area contributed by atoms with E-state index in [-0.39, 0.29) is 0 Å². The van der Waals surface area contributed by atoms with Gasteiger partial charge in [0.05, 0.1) is 0 Å². The Morgan fingerprint density at radius 3 is 1.50 bits per heavy atom. The molecule has 0 radical (unpaired) electrons. The molecule has 1 aromatic carbocycles. The van der Waals surface area contributed by atoms with Crippen molar-refractivity contribution in [1.29, 1.82) is 0 Å². The molecular weight excluding hydrogens is 372 g/mol. The summed E-state index contributed by atoms with van der Waals surface area (Å²) in [6, 6.07) is 21.6. The van der Waals surface area contributed by atoms with Gasteiger partial charge in [0, 0.05) is 42.1 Å².